The van der Waals surface area contributed by atoms with Crippen LogP contribution in [0.25, 0.3) is 0 Å². The van der Waals surface area contributed by atoms with Gasteiger partial charge in [0, 0.05) is 23.9 Å². The highest BCUT2D eigenvalue weighted by Crippen LogP contribution is 2.41. The summed E-state index contributed by atoms with van der Waals surface area (Å²) in [5.74, 6) is -1.73. The predicted octanol–water partition coefficient (Wildman–Crippen LogP) is 2.10. The smallest absolute Gasteiger partial charge is 0.340 e. The summed E-state index contributed by atoms with van der Waals surface area (Å²) in [6.07, 6.45) is 1.43. The van der Waals surface area contributed by atoms with E-state index in [0.29, 0.717) is 17.7 Å². The third-order valence-corrected chi connectivity index (χ3v) is 4.49. The molecule has 1 unspecified atom stereocenters. The molecule has 0 fully saturated rings. The topological polar surface area (TPSA) is 138 Å². The molecular formula is C19H19N3O6. The highest BCUT2D eigenvalue weighted by Gasteiger charge is 2.38. The minimum absolute atomic E-state index is 0.0794. The quantitative estimate of drug-likeness (QED) is 0.457. The standard InChI is InChI=1S/C19H19N3O6/c1-3-5-11-9-13-15(18(23)21-11)14(16(17(20)28-13)19(24)27-2)10-6-4-7-12(8-10)22(25)26/h4,6-9,14H,3,5,20H2,1-2H3,(H,21,23). The van der Waals surface area contributed by atoms with Crippen LogP contribution in [0, 0.1) is 10.1 Å². The molecule has 0 saturated carbocycles. The van der Waals surface area contributed by atoms with E-state index in [0.717, 1.165) is 6.42 Å². The fourth-order valence-corrected chi connectivity index (χ4v) is 3.30. The number of hydrogen-bond donors (Lipinski definition) is 2. The van der Waals surface area contributed by atoms with Gasteiger partial charge in [-0.2, -0.15) is 0 Å². The van der Waals surface area contributed by atoms with Gasteiger partial charge in [0.05, 0.1) is 23.5 Å². The van der Waals surface area contributed by atoms with Gasteiger partial charge in [-0.25, -0.2) is 4.79 Å². The molecule has 1 atom stereocenters. The second kappa shape index (κ2) is 7.55. The molecular weight excluding hydrogens is 366 g/mol. The van der Waals surface area contributed by atoms with Gasteiger partial charge < -0.3 is 20.2 Å². The Morgan fingerprint density at radius 2 is 2.14 bits per heavy atom. The number of aromatic amines is 1. The van der Waals surface area contributed by atoms with Gasteiger partial charge >= 0.3 is 5.97 Å². The molecule has 2 heterocycles. The number of H-pyrrole nitrogens is 1. The molecule has 9 nitrogen and oxygen atoms in total. The highest BCUT2D eigenvalue weighted by molar-refractivity contribution is 5.92. The number of carbonyl (C=O) groups excluding carboxylic acids is 1. The summed E-state index contributed by atoms with van der Waals surface area (Å²) in [7, 11) is 1.18. The molecule has 0 saturated heterocycles. The third-order valence-electron chi connectivity index (χ3n) is 4.49. The van der Waals surface area contributed by atoms with E-state index in [9.17, 15) is 19.7 Å². The molecule has 1 aliphatic heterocycles. The fraction of sp³-hybridized carbons (Fsp3) is 0.263. The summed E-state index contributed by atoms with van der Waals surface area (Å²) >= 11 is 0. The number of fused-ring (bicyclic) bond motifs is 1. The number of hydrogen-bond acceptors (Lipinski definition) is 7. The van der Waals surface area contributed by atoms with E-state index in [-0.39, 0.29) is 28.5 Å². The van der Waals surface area contributed by atoms with Gasteiger partial charge in [-0.05, 0) is 12.0 Å². The lowest BCUT2D eigenvalue weighted by Crippen LogP contribution is -2.32. The van der Waals surface area contributed by atoms with Gasteiger partial charge in [0.1, 0.15) is 11.3 Å². The number of nitro benzene ring substituents is 1. The van der Waals surface area contributed by atoms with Crippen LogP contribution in [0.15, 0.2) is 46.6 Å². The van der Waals surface area contributed by atoms with Crippen molar-refractivity contribution in [3.05, 3.63) is 79.1 Å². The van der Waals surface area contributed by atoms with Crippen molar-refractivity contribution in [2.45, 2.75) is 25.7 Å². The molecule has 0 radical (unpaired) electrons. The number of aromatic nitrogens is 1. The molecule has 2 aromatic rings. The van der Waals surface area contributed by atoms with Gasteiger partial charge in [0.25, 0.3) is 11.2 Å². The summed E-state index contributed by atoms with van der Waals surface area (Å²) in [4.78, 5) is 38.6. The molecule has 1 aromatic carbocycles. The van der Waals surface area contributed by atoms with Crippen LogP contribution in [0.1, 0.15) is 36.1 Å². The first-order chi connectivity index (χ1) is 13.4. The first-order valence-electron chi connectivity index (χ1n) is 8.63. The first kappa shape index (κ1) is 19.2. The van der Waals surface area contributed by atoms with Crippen LogP contribution in [0.5, 0.6) is 5.75 Å². The molecule has 9 heteroatoms. The Balaban J connectivity index is 2.28. The summed E-state index contributed by atoms with van der Waals surface area (Å²) in [5, 5.41) is 11.2. The van der Waals surface area contributed by atoms with E-state index in [1.807, 2.05) is 6.92 Å². The second-order valence-corrected chi connectivity index (χ2v) is 6.31. The molecule has 146 valence electrons. The van der Waals surface area contributed by atoms with Crippen LogP contribution >= 0.6 is 0 Å². The average Bonchev–Trinajstić information content (AvgIpc) is 2.66. The number of nitrogens with one attached hydrogen (secondary N) is 1. The zero-order valence-corrected chi connectivity index (χ0v) is 15.4. The maximum atomic E-state index is 12.8. The molecule has 0 aliphatic carbocycles. The zero-order chi connectivity index (χ0) is 20.4. The van der Waals surface area contributed by atoms with Gasteiger partial charge in [-0.3, -0.25) is 14.9 Å². The Labute approximate surface area is 159 Å². The summed E-state index contributed by atoms with van der Waals surface area (Å²) < 4.78 is 10.4. The number of nitrogens with two attached hydrogens (primary N) is 1. The normalized spacial score (nSPS) is 15.6. The number of esters is 1. The monoisotopic (exact) mass is 385 g/mol. The van der Waals surface area contributed by atoms with Crippen LogP contribution in [0.3, 0.4) is 0 Å². The van der Waals surface area contributed by atoms with Crippen molar-refractivity contribution >= 4 is 11.7 Å². The molecule has 0 amide bonds. The van der Waals surface area contributed by atoms with Crippen LogP contribution in [-0.2, 0) is 16.0 Å². The number of methoxy groups -OCH3 is 1. The summed E-state index contributed by atoms with van der Waals surface area (Å²) in [6, 6.07) is 7.35. The van der Waals surface area contributed by atoms with Gasteiger partial charge in [-0.1, -0.05) is 25.5 Å². The molecule has 0 spiro atoms. The number of rotatable bonds is 5. The summed E-state index contributed by atoms with van der Waals surface area (Å²) in [5.41, 5.74) is 6.45. The van der Waals surface area contributed by atoms with Crippen LogP contribution in [0.4, 0.5) is 5.69 Å². The lowest BCUT2D eigenvalue weighted by molar-refractivity contribution is -0.384. The van der Waals surface area contributed by atoms with Gasteiger partial charge in [0.15, 0.2) is 0 Å². The predicted molar refractivity (Wildman–Crippen MR) is 99.9 cm³/mol. The highest BCUT2D eigenvalue weighted by atomic mass is 16.6. The largest absolute Gasteiger partial charge is 0.465 e. The van der Waals surface area contributed by atoms with Crippen molar-refractivity contribution in [3.63, 3.8) is 0 Å². The molecule has 0 bridgehead atoms. The van der Waals surface area contributed by atoms with Gasteiger partial charge in [0.2, 0.25) is 5.88 Å². The SMILES string of the molecule is CCCc1cc2c(c(=O)[nH]1)C(c1cccc([N+](=O)[O-])c1)C(C(=O)OC)=C(N)O2. The van der Waals surface area contributed by atoms with E-state index in [2.05, 4.69) is 4.98 Å². The zero-order valence-electron chi connectivity index (χ0n) is 15.4. The number of non-ortho nitro benzene ring substituents is 1. The number of ether oxygens (including phenoxy) is 2. The number of carbonyl (C=O) groups is 1. The van der Waals surface area contributed by atoms with E-state index in [1.54, 1.807) is 12.1 Å². The number of aryl methyl sites for hydroxylation is 1. The Hall–Kier alpha value is -3.62. The van der Waals surface area contributed by atoms with E-state index < -0.39 is 22.4 Å². The van der Waals surface area contributed by atoms with Crippen molar-refractivity contribution in [2.24, 2.45) is 5.73 Å². The van der Waals surface area contributed by atoms with Crippen molar-refractivity contribution in [3.8, 4) is 5.75 Å². The van der Waals surface area contributed by atoms with Crippen molar-refractivity contribution in [1.82, 2.24) is 4.98 Å². The van der Waals surface area contributed by atoms with Crippen LogP contribution in [0.2, 0.25) is 0 Å². The maximum absolute atomic E-state index is 12.8. The number of pyridine rings is 1. The van der Waals surface area contributed by atoms with Crippen LogP contribution < -0.4 is 16.0 Å². The Bertz CT molecular complexity index is 1040. The fourth-order valence-electron chi connectivity index (χ4n) is 3.30. The van der Waals surface area contributed by atoms with E-state index in [4.69, 9.17) is 15.2 Å². The molecule has 1 aromatic heterocycles. The van der Waals surface area contributed by atoms with Gasteiger partial charge in [-0.15, -0.1) is 0 Å². The Morgan fingerprint density at radius 3 is 2.79 bits per heavy atom. The Morgan fingerprint density at radius 1 is 1.39 bits per heavy atom. The minimum Gasteiger partial charge on any atom is -0.465 e. The molecule has 3 rings (SSSR count). The second-order valence-electron chi connectivity index (χ2n) is 6.31. The lowest BCUT2D eigenvalue weighted by Gasteiger charge is -2.27. The lowest BCUT2D eigenvalue weighted by atomic mass is 9.83. The Kier molecular flexibility index (Phi) is 5.16. The third kappa shape index (κ3) is 3.34. The van der Waals surface area contributed by atoms with E-state index >= 15 is 0 Å². The molecule has 1 aliphatic rings. The van der Waals surface area contributed by atoms with Crippen LogP contribution in [-0.4, -0.2) is 23.0 Å². The van der Waals surface area contributed by atoms with Crippen molar-refractivity contribution < 1.29 is 19.2 Å². The number of nitro groups is 1. The van der Waals surface area contributed by atoms with Crippen molar-refractivity contribution in [2.75, 3.05) is 7.11 Å². The number of benzene rings is 1. The molecule has 28 heavy (non-hydrogen) atoms. The van der Waals surface area contributed by atoms with Crippen molar-refractivity contribution in [1.29, 1.82) is 0 Å². The molecule has 3 N–H and O–H groups in total. The van der Waals surface area contributed by atoms with E-state index in [1.165, 1.54) is 25.3 Å². The first-order valence-corrected chi connectivity index (χ1v) is 8.63. The average molecular weight is 385 g/mol. The number of nitrogens with zero attached hydrogens (tertiary/aromatic N) is 1. The minimum atomic E-state index is -0.962. The maximum Gasteiger partial charge on any atom is 0.340 e. The summed E-state index contributed by atoms with van der Waals surface area (Å²) in [6.45, 7) is 1.97.